The number of benzene rings is 1. The average molecular weight is 314 g/mol. The van der Waals surface area contributed by atoms with Gasteiger partial charge in [-0.3, -0.25) is 0 Å². The number of esters is 1. The van der Waals surface area contributed by atoms with Crippen LogP contribution in [-0.2, 0) is 4.74 Å². The summed E-state index contributed by atoms with van der Waals surface area (Å²) < 4.78 is 50.4. The van der Waals surface area contributed by atoms with Gasteiger partial charge in [0.15, 0.2) is 0 Å². The summed E-state index contributed by atoms with van der Waals surface area (Å²) in [5.74, 6) is -0.0969. The minimum Gasteiger partial charge on any atom is -0.462 e. The smallest absolute Gasteiger partial charge is 0.462 e. The predicted octanol–water partition coefficient (Wildman–Crippen LogP) is 4.33. The number of furan rings is 1. The van der Waals surface area contributed by atoms with Crippen LogP contribution in [0.5, 0.6) is 5.75 Å². The minimum atomic E-state index is -4.74. The molecule has 22 heavy (non-hydrogen) atoms. The second-order valence-electron chi connectivity index (χ2n) is 4.37. The zero-order chi connectivity index (χ0) is 16.3. The van der Waals surface area contributed by atoms with E-state index in [4.69, 9.17) is 9.15 Å². The fraction of sp³-hybridized carbons (Fsp3) is 0.267. The topological polar surface area (TPSA) is 48.7 Å². The van der Waals surface area contributed by atoms with E-state index in [0.717, 1.165) is 0 Å². The molecule has 0 unspecified atom stereocenters. The van der Waals surface area contributed by atoms with Crippen molar-refractivity contribution in [2.45, 2.75) is 20.2 Å². The van der Waals surface area contributed by atoms with E-state index in [2.05, 4.69) is 4.74 Å². The molecule has 1 aromatic heterocycles. The molecule has 0 amide bonds. The molecule has 0 atom stereocenters. The SMILES string of the molecule is CCOC(=O)c1cc(-c2ccc(OC(F)(F)F)cc2)oc1C. The Morgan fingerprint density at radius 3 is 2.41 bits per heavy atom. The van der Waals surface area contributed by atoms with E-state index in [1.807, 2.05) is 0 Å². The quantitative estimate of drug-likeness (QED) is 0.788. The number of carbonyl (C=O) groups excluding carboxylic acids is 1. The normalized spacial score (nSPS) is 11.3. The predicted molar refractivity (Wildman–Crippen MR) is 71.5 cm³/mol. The van der Waals surface area contributed by atoms with Crippen LogP contribution in [0.4, 0.5) is 13.2 Å². The first-order chi connectivity index (χ1) is 10.3. The van der Waals surface area contributed by atoms with Crippen LogP contribution in [-0.4, -0.2) is 18.9 Å². The fourth-order valence-electron chi connectivity index (χ4n) is 1.86. The van der Waals surface area contributed by atoms with Crippen LogP contribution in [0.3, 0.4) is 0 Å². The third kappa shape index (κ3) is 3.81. The van der Waals surface area contributed by atoms with Gasteiger partial charge in [0.25, 0.3) is 0 Å². The molecule has 0 saturated carbocycles. The van der Waals surface area contributed by atoms with Gasteiger partial charge >= 0.3 is 12.3 Å². The van der Waals surface area contributed by atoms with Gasteiger partial charge in [0.1, 0.15) is 22.8 Å². The van der Waals surface area contributed by atoms with Crippen LogP contribution in [0.2, 0.25) is 0 Å². The molecule has 2 rings (SSSR count). The first kappa shape index (κ1) is 15.9. The van der Waals surface area contributed by atoms with Gasteiger partial charge in [-0.2, -0.15) is 0 Å². The third-order valence-corrected chi connectivity index (χ3v) is 2.79. The van der Waals surface area contributed by atoms with Crippen molar-refractivity contribution in [1.82, 2.24) is 0 Å². The molecule has 0 spiro atoms. The Hall–Kier alpha value is -2.44. The molecule has 0 aliphatic carbocycles. The molecule has 0 radical (unpaired) electrons. The van der Waals surface area contributed by atoms with E-state index in [0.29, 0.717) is 17.1 Å². The largest absolute Gasteiger partial charge is 0.573 e. The zero-order valence-electron chi connectivity index (χ0n) is 11.9. The van der Waals surface area contributed by atoms with E-state index in [-0.39, 0.29) is 17.9 Å². The molecule has 118 valence electrons. The van der Waals surface area contributed by atoms with E-state index in [9.17, 15) is 18.0 Å². The summed E-state index contributed by atoms with van der Waals surface area (Å²) in [5, 5.41) is 0. The van der Waals surface area contributed by atoms with Gasteiger partial charge < -0.3 is 13.9 Å². The maximum atomic E-state index is 12.1. The van der Waals surface area contributed by atoms with Crippen molar-refractivity contribution in [3.8, 4) is 17.1 Å². The highest BCUT2D eigenvalue weighted by molar-refractivity contribution is 5.91. The van der Waals surface area contributed by atoms with Crippen LogP contribution < -0.4 is 4.74 Å². The summed E-state index contributed by atoms with van der Waals surface area (Å²) in [4.78, 5) is 11.7. The van der Waals surface area contributed by atoms with Crippen molar-refractivity contribution in [1.29, 1.82) is 0 Å². The van der Waals surface area contributed by atoms with Gasteiger partial charge in [0, 0.05) is 5.56 Å². The maximum Gasteiger partial charge on any atom is 0.573 e. The Morgan fingerprint density at radius 2 is 1.86 bits per heavy atom. The number of ether oxygens (including phenoxy) is 2. The molecule has 0 N–H and O–H groups in total. The molecule has 0 bridgehead atoms. The highest BCUT2D eigenvalue weighted by Crippen LogP contribution is 2.29. The molecule has 0 saturated heterocycles. The van der Waals surface area contributed by atoms with E-state index < -0.39 is 12.3 Å². The molecular formula is C15H13F3O4. The van der Waals surface area contributed by atoms with Gasteiger partial charge in [-0.15, -0.1) is 13.2 Å². The summed E-state index contributed by atoms with van der Waals surface area (Å²) in [6, 6.07) is 6.66. The van der Waals surface area contributed by atoms with Crippen molar-refractivity contribution in [2.24, 2.45) is 0 Å². The first-order valence-electron chi connectivity index (χ1n) is 6.44. The fourth-order valence-corrected chi connectivity index (χ4v) is 1.86. The number of rotatable bonds is 4. The Labute approximate surface area is 124 Å². The molecule has 1 heterocycles. The van der Waals surface area contributed by atoms with Gasteiger partial charge in [-0.05, 0) is 44.2 Å². The van der Waals surface area contributed by atoms with Crippen LogP contribution in [0.15, 0.2) is 34.7 Å². The van der Waals surface area contributed by atoms with Crippen LogP contribution in [0, 0.1) is 6.92 Å². The summed E-state index contributed by atoms with van der Waals surface area (Å²) in [6.45, 7) is 3.53. The summed E-state index contributed by atoms with van der Waals surface area (Å²) in [7, 11) is 0. The number of carbonyl (C=O) groups is 1. The van der Waals surface area contributed by atoms with E-state index in [1.165, 1.54) is 30.3 Å². The average Bonchev–Trinajstić information content (AvgIpc) is 2.80. The van der Waals surface area contributed by atoms with Crippen molar-refractivity contribution >= 4 is 5.97 Å². The van der Waals surface area contributed by atoms with Crippen molar-refractivity contribution in [2.75, 3.05) is 6.61 Å². The van der Waals surface area contributed by atoms with Crippen molar-refractivity contribution < 1.29 is 31.9 Å². The molecular weight excluding hydrogens is 301 g/mol. The summed E-state index contributed by atoms with van der Waals surface area (Å²) in [5.41, 5.74) is 0.806. The molecule has 4 nitrogen and oxygen atoms in total. The summed E-state index contributed by atoms with van der Waals surface area (Å²) in [6.07, 6.45) is -4.74. The standard InChI is InChI=1S/C15H13F3O4/c1-3-20-14(19)12-8-13(21-9(12)2)10-4-6-11(7-5-10)22-15(16,17)18/h4-8H,3H2,1-2H3. The first-order valence-corrected chi connectivity index (χ1v) is 6.44. The molecule has 2 aromatic rings. The van der Waals surface area contributed by atoms with Crippen LogP contribution in [0.25, 0.3) is 11.3 Å². The van der Waals surface area contributed by atoms with Crippen molar-refractivity contribution in [3.63, 3.8) is 0 Å². The monoisotopic (exact) mass is 314 g/mol. The van der Waals surface area contributed by atoms with E-state index in [1.54, 1.807) is 13.8 Å². The summed E-state index contributed by atoms with van der Waals surface area (Å²) >= 11 is 0. The highest BCUT2D eigenvalue weighted by Gasteiger charge is 2.31. The molecule has 0 aliphatic rings. The molecule has 7 heteroatoms. The lowest BCUT2D eigenvalue weighted by molar-refractivity contribution is -0.274. The third-order valence-electron chi connectivity index (χ3n) is 2.79. The second kappa shape index (κ2) is 6.13. The Kier molecular flexibility index (Phi) is 4.44. The number of alkyl halides is 3. The van der Waals surface area contributed by atoms with Gasteiger partial charge in [-0.25, -0.2) is 4.79 Å². The Balaban J connectivity index is 2.22. The lowest BCUT2D eigenvalue weighted by Crippen LogP contribution is -2.16. The Bertz CT molecular complexity index is 656. The van der Waals surface area contributed by atoms with Gasteiger partial charge in [0.2, 0.25) is 0 Å². The Morgan fingerprint density at radius 1 is 1.23 bits per heavy atom. The number of hydrogen-bond donors (Lipinski definition) is 0. The minimum absolute atomic E-state index is 0.238. The van der Waals surface area contributed by atoms with E-state index >= 15 is 0 Å². The molecule has 0 aliphatic heterocycles. The zero-order valence-corrected chi connectivity index (χ0v) is 11.9. The number of halogens is 3. The van der Waals surface area contributed by atoms with Crippen LogP contribution in [0.1, 0.15) is 23.0 Å². The number of hydrogen-bond acceptors (Lipinski definition) is 4. The molecule has 1 aromatic carbocycles. The van der Waals surface area contributed by atoms with Crippen molar-refractivity contribution in [3.05, 3.63) is 41.7 Å². The van der Waals surface area contributed by atoms with Gasteiger partial charge in [-0.1, -0.05) is 0 Å². The highest BCUT2D eigenvalue weighted by atomic mass is 19.4. The lowest BCUT2D eigenvalue weighted by atomic mass is 10.1. The molecule has 0 fully saturated rings. The second-order valence-corrected chi connectivity index (χ2v) is 4.37. The van der Waals surface area contributed by atoms with Crippen LogP contribution >= 0.6 is 0 Å². The number of aryl methyl sites for hydroxylation is 1. The van der Waals surface area contributed by atoms with Gasteiger partial charge in [0.05, 0.1) is 6.61 Å². The maximum absolute atomic E-state index is 12.1. The lowest BCUT2D eigenvalue weighted by Gasteiger charge is -2.08.